The van der Waals surface area contributed by atoms with Gasteiger partial charge in [-0.1, -0.05) is 24.3 Å². The second kappa shape index (κ2) is 8.62. The van der Waals surface area contributed by atoms with Crippen LogP contribution in [0, 0.1) is 0 Å². The number of amides is 1. The van der Waals surface area contributed by atoms with Gasteiger partial charge in [0.05, 0.1) is 17.5 Å². The van der Waals surface area contributed by atoms with Gasteiger partial charge in [0.25, 0.3) is 5.91 Å². The summed E-state index contributed by atoms with van der Waals surface area (Å²) in [5.74, 6) is -0.324. The van der Waals surface area contributed by atoms with Gasteiger partial charge in [-0.15, -0.1) is 0 Å². The van der Waals surface area contributed by atoms with Crippen molar-refractivity contribution in [2.45, 2.75) is 6.54 Å². The van der Waals surface area contributed by atoms with E-state index in [4.69, 9.17) is 0 Å². The number of piperazine rings is 1. The topological polar surface area (TPSA) is 81.8 Å². The van der Waals surface area contributed by atoms with Crippen molar-refractivity contribution in [3.05, 3.63) is 59.7 Å². The smallest absolute Gasteiger partial charge is 0.253 e. The molecule has 0 bridgehead atoms. The van der Waals surface area contributed by atoms with E-state index in [1.54, 1.807) is 24.3 Å². The summed E-state index contributed by atoms with van der Waals surface area (Å²) in [5, 5.41) is 2.85. The Morgan fingerprint density at radius 3 is 2.29 bits per heavy atom. The van der Waals surface area contributed by atoms with Gasteiger partial charge in [-0.05, 0) is 36.9 Å². The summed E-state index contributed by atoms with van der Waals surface area (Å²) in [6.07, 6.45) is 1.06. The molecule has 1 fully saturated rings. The summed E-state index contributed by atoms with van der Waals surface area (Å²) in [5.41, 5.74) is 2.74. The summed E-state index contributed by atoms with van der Waals surface area (Å²) in [7, 11) is -1.33. The van der Waals surface area contributed by atoms with Crippen LogP contribution in [0.3, 0.4) is 0 Å². The number of carbonyl (C=O) groups excluding carboxylic acids is 1. The molecule has 1 aliphatic rings. The van der Waals surface area contributed by atoms with Gasteiger partial charge in [0, 0.05) is 38.4 Å². The number of likely N-dealkylation sites (N-methyl/N-ethyl adjacent to an activating group) is 1. The Labute approximate surface area is 166 Å². The lowest BCUT2D eigenvalue weighted by Gasteiger charge is -2.34. The minimum absolute atomic E-state index is 0.271. The van der Waals surface area contributed by atoms with E-state index in [9.17, 15) is 13.2 Å². The zero-order valence-electron chi connectivity index (χ0n) is 16.2. The molecule has 1 heterocycles. The quantitative estimate of drug-likeness (QED) is 0.769. The Morgan fingerprint density at radius 2 is 1.64 bits per heavy atom. The maximum atomic E-state index is 12.5. The molecule has 0 aliphatic carbocycles. The molecule has 150 valence electrons. The Morgan fingerprint density at radius 1 is 1.00 bits per heavy atom. The molecule has 2 N–H and O–H groups in total. The molecule has 2 aromatic carbocycles. The molecule has 1 amide bonds. The van der Waals surface area contributed by atoms with E-state index in [0.717, 1.165) is 38.0 Å². The van der Waals surface area contributed by atoms with Crippen LogP contribution < -0.4 is 14.9 Å². The third-order valence-electron chi connectivity index (χ3n) is 4.72. The van der Waals surface area contributed by atoms with E-state index in [0.29, 0.717) is 12.1 Å². The number of benzene rings is 2. The first-order chi connectivity index (χ1) is 13.3. The summed E-state index contributed by atoms with van der Waals surface area (Å²) >= 11 is 0. The molecule has 0 radical (unpaired) electrons. The van der Waals surface area contributed by atoms with Crippen LogP contribution in [0.15, 0.2) is 48.5 Å². The monoisotopic (exact) mass is 402 g/mol. The molecular formula is C20H26N4O3S. The van der Waals surface area contributed by atoms with Gasteiger partial charge in [0.2, 0.25) is 10.0 Å². The van der Waals surface area contributed by atoms with Crippen molar-refractivity contribution >= 4 is 27.3 Å². The molecule has 0 saturated carbocycles. The maximum Gasteiger partial charge on any atom is 0.253 e. The standard InChI is InChI=1S/C20H26N4O3S/c1-23-11-13-24(14-12-23)17-9-7-16(8-10-17)15-21-20(25)18-5-3-4-6-19(18)22-28(2,26)27/h3-10,22H,11-15H2,1-2H3,(H,21,25). The lowest BCUT2D eigenvalue weighted by atomic mass is 10.1. The lowest BCUT2D eigenvalue weighted by Crippen LogP contribution is -2.44. The first kappa shape index (κ1) is 20.2. The minimum atomic E-state index is -3.46. The maximum absolute atomic E-state index is 12.5. The van der Waals surface area contributed by atoms with Gasteiger partial charge < -0.3 is 15.1 Å². The van der Waals surface area contributed by atoms with Gasteiger partial charge in [0.1, 0.15) is 0 Å². The molecule has 28 heavy (non-hydrogen) atoms. The SMILES string of the molecule is CN1CCN(c2ccc(CNC(=O)c3ccccc3NS(C)(=O)=O)cc2)CC1. The summed E-state index contributed by atoms with van der Waals surface area (Å²) in [4.78, 5) is 17.2. The van der Waals surface area contributed by atoms with Crippen LogP contribution in [-0.2, 0) is 16.6 Å². The molecule has 0 atom stereocenters. The van der Waals surface area contributed by atoms with Crippen LogP contribution in [-0.4, -0.2) is 58.7 Å². The van der Waals surface area contributed by atoms with Crippen LogP contribution in [0.1, 0.15) is 15.9 Å². The highest BCUT2D eigenvalue weighted by molar-refractivity contribution is 7.92. The van der Waals surface area contributed by atoms with Gasteiger partial charge in [-0.25, -0.2) is 8.42 Å². The fraction of sp³-hybridized carbons (Fsp3) is 0.350. The Hall–Kier alpha value is -2.58. The van der Waals surface area contributed by atoms with Crippen molar-refractivity contribution in [2.75, 3.05) is 49.1 Å². The second-order valence-corrected chi connectivity index (χ2v) is 8.81. The summed E-state index contributed by atoms with van der Waals surface area (Å²) in [6.45, 7) is 4.50. The van der Waals surface area contributed by atoms with Crippen molar-refractivity contribution in [1.82, 2.24) is 10.2 Å². The molecule has 1 aliphatic heterocycles. The van der Waals surface area contributed by atoms with Gasteiger partial charge in [-0.2, -0.15) is 0 Å². The number of nitrogens with one attached hydrogen (secondary N) is 2. The highest BCUT2D eigenvalue weighted by Gasteiger charge is 2.15. The number of hydrogen-bond donors (Lipinski definition) is 2. The van der Waals surface area contributed by atoms with Gasteiger partial charge in [-0.3, -0.25) is 9.52 Å². The van der Waals surface area contributed by atoms with Crippen LogP contribution in [0.5, 0.6) is 0 Å². The summed E-state index contributed by atoms with van der Waals surface area (Å²) < 4.78 is 25.3. The lowest BCUT2D eigenvalue weighted by molar-refractivity contribution is 0.0952. The van der Waals surface area contributed by atoms with Crippen molar-refractivity contribution in [1.29, 1.82) is 0 Å². The number of para-hydroxylation sites is 1. The molecular weight excluding hydrogens is 376 g/mol. The fourth-order valence-corrected chi connectivity index (χ4v) is 3.71. The van der Waals surface area contributed by atoms with Crippen molar-refractivity contribution in [3.8, 4) is 0 Å². The Balaban J connectivity index is 1.61. The van der Waals surface area contributed by atoms with Crippen molar-refractivity contribution in [2.24, 2.45) is 0 Å². The van der Waals surface area contributed by atoms with Crippen LogP contribution >= 0.6 is 0 Å². The first-order valence-electron chi connectivity index (χ1n) is 9.19. The summed E-state index contributed by atoms with van der Waals surface area (Å²) in [6, 6.07) is 14.7. The zero-order valence-corrected chi connectivity index (χ0v) is 17.0. The number of anilines is 2. The third-order valence-corrected chi connectivity index (χ3v) is 5.32. The fourth-order valence-electron chi connectivity index (χ4n) is 3.14. The highest BCUT2D eigenvalue weighted by atomic mass is 32.2. The Kier molecular flexibility index (Phi) is 6.21. The van der Waals surface area contributed by atoms with Crippen LogP contribution in [0.2, 0.25) is 0 Å². The number of sulfonamides is 1. The number of carbonyl (C=O) groups is 1. The third kappa shape index (κ3) is 5.46. The second-order valence-electron chi connectivity index (χ2n) is 7.06. The molecule has 2 aromatic rings. The number of nitrogens with zero attached hydrogens (tertiary/aromatic N) is 2. The highest BCUT2D eigenvalue weighted by Crippen LogP contribution is 2.18. The molecule has 1 saturated heterocycles. The molecule has 3 rings (SSSR count). The average Bonchev–Trinajstić information content (AvgIpc) is 2.66. The minimum Gasteiger partial charge on any atom is -0.369 e. The van der Waals surface area contributed by atoms with E-state index >= 15 is 0 Å². The molecule has 7 nitrogen and oxygen atoms in total. The van der Waals surface area contributed by atoms with Gasteiger partial charge in [0.15, 0.2) is 0 Å². The normalized spacial score (nSPS) is 15.3. The average molecular weight is 403 g/mol. The van der Waals surface area contributed by atoms with E-state index in [2.05, 4.69) is 39.0 Å². The number of rotatable bonds is 6. The zero-order chi connectivity index (χ0) is 20.1. The number of hydrogen-bond acceptors (Lipinski definition) is 5. The van der Waals surface area contributed by atoms with Gasteiger partial charge >= 0.3 is 0 Å². The van der Waals surface area contributed by atoms with Crippen LogP contribution in [0.25, 0.3) is 0 Å². The Bertz CT molecular complexity index is 921. The predicted octanol–water partition coefficient (Wildman–Crippen LogP) is 1.74. The van der Waals surface area contributed by atoms with Crippen LogP contribution in [0.4, 0.5) is 11.4 Å². The van der Waals surface area contributed by atoms with Crippen molar-refractivity contribution < 1.29 is 13.2 Å². The van der Waals surface area contributed by atoms with E-state index < -0.39 is 10.0 Å². The first-order valence-corrected chi connectivity index (χ1v) is 11.1. The van der Waals surface area contributed by atoms with Crippen molar-refractivity contribution in [3.63, 3.8) is 0 Å². The largest absolute Gasteiger partial charge is 0.369 e. The molecule has 0 spiro atoms. The predicted molar refractivity (Wildman–Crippen MR) is 112 cm³/mol. The molecule has 0 aromatic heterocycles. The van der Waals surface area contributed by atoms with E-state index in [1.165, 1.54) is 5.69 Å². The molecule has 0 unspecified atom stereocenters. The van der Waals surface area contributed by atoms with E-state index in [1.807, 2.05) is 12.1 Å². The molecule has 8 heteroatoms. The van der Waals surface area contributed by atoms with E-state index in [-0.39, 0.29) is 11.6 Å².